The van der Waals surface area contributed by atoms with Gasteiger partial charge in [-0.2, -0.15) is 10.1 Å². The number of hydrazone groups is 1. The molecule has 1 aliphatic rings. The SMILES string of the molecule is CCOC(=O)C1=NN(c2cccc(Cl)c2)C(=O)C1c1ccccc1N. The molecule has 25 heavy (non-hydrogen) atoms. The van der Waals surface area contributed by atoms with E-state index in [0.29, 0.717) is 22.0 Å². The lowest BCUT2D eigenvalue weighted by molar-refractivity contribution is -0.135. The summed E-state index contributed by atoms with van der Waals surface area (Å²) in [5.41, 5.74) is 7.41. The number of hydrogen-bond acceptors (Lipinski definition) is 5. The van der Waals surface area contributed by atoms with Gasteiger partial charge in [0.15, 0.2) is 5.71 Å². The number of carbonyl (C=O) groups excluding carboxylic acids is 2. The first kappa shape index (κ1) is 17.0. The van der Waals surface area contributed by atoms with E-state index in [2.05, 4.69) is 5.10 Å². The number of ether oxygens (including phenoxy) is 1. The fourth-order valence-electron chi connectivity index (χ4n) is 2.66. The van der Waals surface area contributed by atoms with E-state index in [1.165, 1.54) is 0 Å². The number of nitrogen functional groups attached to an aromatic ring is 1. The Kier molecular flexibility index (Phi) is 4.72. The number of nitrogens with two attached hydrogens (primary N) is 1. The zero-order chi connectivity index (χ0) is 18.0. The molecule has 0 saturated heterocycles. The molecule has 1 heterocycles. The Morgan fingerprint density at radius 2 is 2.04 bits per heavy atom. The van der Waals surface area contributed by atoms with Crippen LogP contribution in [0.25, 0.3) is 0 Å². The second-order valence-electron chi connectivity index (χ2n) is 5.40. The van der Waals surface area contributed by atoms with E-state index in [9.17, 15) is 9.59 Å². The summed E-state index contributed by atoms with van der Waals surface area (Å²) in [6.45, 7) is 1.87. The van der Waals surface area contributed by atoms with Gasteiger partial charge in [-0.15, -0.1) is 0 Å². The molecule has 1 unspecified atom stereocenters. The van der Waals surface area contributed by atoms with Gasteiger partial charge in [-0.1, -0.05) is 35.9 Å². The first-order valence-electron chi connectivity index (χ1n) is 7.72. The fourth-order valence-corrected chi connectivity index (χ4v) is 2.85. The number of hydrogen-bond donors (Lipinski definition) is 1. The summed E-state index contributed by atoms with van der Waals surface area (Å²) in [6, 6.07) is 13.6. The highest BCUT2D eigenvalue weighted by Crippen LogP contribution is 2.34. The number of carbonyl (C=O) groups is 2. The van der Waals surface area contributed by atoms with E-state index in [0.717, 1.165) is 5.01 Å². The fraction of sp³-hybridized carbons (Fsp3) is 0.167. The first-order chi connectivity index (χ1) is 12.0. The molecule has 0 radical (unpaired) electrons. The number of anilines is 2. The molecule has 0 saturated carbocycles. The van der Waals surface area contributed by atoms with E-state index < -0.39 is 11.9 Å². The third kappa shape index (κ3) is 3.21. The molecule has 0 fully saturated rings. The van der Waals surface area contributed by atoms with Crippen molar-refractivity contribution in [2.45, 2.75) is 12.8 Å². The van der Waals surface area contributed by atoms with Crippen molar-refractivity contribution < 1.29 is 14.3 Å². The maximum Gasteiger partial charge on any atom is 0.355 e. The molecule has 128 valence electrons. The summed E-state index contributed by atoms with van der Waals surface area (Å²) in [4.78, 5) is 25.3. The number of rotatable bonds is 4. The van der Waals surface area contributed by atoms with E-state index in [1.54, 1.807) is 55.5 Å². The van der Waals surface area contributed by atoms with Gasteiger partial charge in [-0.25, -0.2) is 4.79 Å². The number of nitrogens with zero attached hydrogens (tertiary/aromatic N) is 2. The average Bonchev–Trinajstić information content (AvgIpc) is 2.93. The van der Waals surface area contributed by atoms with Crippen molar-refractivity contribution in [1.82, 2.24) is 0 Å². The van der Waals surface area contributed by atoms with Crippen LogP contribution in [0.3, 0.4) is 0 Å². The summed E-state index contributed by atoms with van der Waals surface area (Å²) in [7, 11) is 0. The van der Waals surface area contributed by atoms with Crippen molar-refractivity contribution in [2.24, 2.45) is 5.10 Å². The maximum atomic E-state index is 13.0. The number of esters is 1. The quantitative estimate of drug-likeness (QED) is 0.673. The van der Waals surface area contributed by atoms with Crippen molar-refractivity contribution in [1.29, 1.82) is 0 Å². The van der Waals surface area contributed by atoms with Gasteiger partial charge in [-0.3, -0.25) is 4.79 Å². The Hall–Kier alpha value is -2.86. The molecular weight excluding hydrogens is 342 g/mol. The van der Waals surface area contributed by atoms with Gasteiger partial charge in [0, 0.05) is 10.7 Å². The number of halogens is 1. The van der Waals surface area contributed by atoms with Gasteiger partial charge in [0.1, 0.15) is 5.92 Å². The highest BCUT2D eigenvalue weighted by atomic mass is 35.5. The van der Waals surface area contributed by atoms with Crippen LogP contribution in [0, 0.1) is 0 Å². The minimum Gasteiger partial charge on any atom is -0.461 e. The minimum atomic E-state index is -0.917. The predicted octanol–water partition coefficient (Wildman–Crippen LogP) is 2.97. The van der Waals surface area contributed by atoms with E-state index >= 15 is 0 Å². The van der Waals surface area contributed by atoms with Crippen molar-refractivity contribution in [2.75, 3.05) is 17.3 Å². The third-order valence-electron chi connectivity index (χ3n) is 3.78. The molecule has 2 aromatic rings. The van der Waals surface area contributed by atoms with E-state index in [4.69, 9.17) is 22.1 Å². The lowest BCUT2D eigenvalue weighted by Gasteiger charge is -2.16. The highest BCUT2D eigenvalue weighted by molar-refractivity contribution is 6.46. The zero-order valence-corrected chi connectivity index (χ0v) is 14.2. The molecule has 0 aliphatic carbocycles. The van der Waals surface area contributed by atoms with Gasteiger partial charge in [0.05, 0.1) is 12.3 Å². The van der Waals surface area contributed by atoms with Crippen LogP contribution in [0.5, 0.6) is 0 Å². The van der Waals surface area contributed by atoms with Crippen LogP contribution in [-0.4, -0.2) is 24.2 Å². The average molecular weight is 358 g/mol. The monoisotopic (exact) mass is 357 g/mol. The van der Waals surface area contributed by atoms with E-state index in [-0.39, 0.29) is 18.2 Å². The predicted molar refractivity (Wildman–Crippen MR) is 96.6 cm³/mol. The van der Waals surface area contributed by atoms with Crippen LogP contribution < -0.4 is 10.7 Å². The van der Waals surface area contributed by atoms with Crippen LogP contribution in [0.2, 0.25) is 5.02 Å². The molecule has 6 nitrogen and oxygen atoms in total. The van der Waals surface area contributed by atoms with Crippen LogP contribution in [-0.2, 0) is 14.3 Å². The Morgan fingerprint density at radius 1 is 1.28 bits per heavy atom. The number of amides is 1. The molecule has 1 aliphatic heterocycles. The van der Waals surface area contributed by atoms with Crippen LogP contribution >= 0.6 is 11.6 Å². The lowest BCUT2D eigenvalue weighted by Crippen LogP contribution is -2.29. The third-order valence-corrected chi connectivity index (χ3v) is 4.02. The van der Waals surface area contributed by atoms with Crippen molar-refractivity contribution >= 4 is 40.6 Å². The number of para-hydroxylation sites is 1. The summed E-state index contributed by atoms with van der Waals surface area (Å²) in [5, 5.41) is 5.83. The smallest absolute Gasteiger partial charge is 0.355 e. The second-order valence-corrected chi connectivity index (χ2v) is 5.83. The van der Waals surface area contributed by atoms with Crippen molar-refractivity contribution in [3.8, 4) is 0 Å². The Balaban J connectivity index is 2.08. The summed E-state index contributed by atoms with van der Waals surface area (Å²) in [6.07, 6.45) is 0. The highest BCUT2D eigenvalue weighted by Gasteiger charge is 2.42. The molecule has 0 spiro atoms. The van der Waals surface area contributed by atoms with Crippen LogP contribution in [0.15, 0.2) is 53.6 Å². The minimum absolute atomic E-state index is 0.00438. The van der Waals surface area contributed by atoms with Gasteiger partial charge >= 0.3 is 5.97 Å². The number of benzene rings is 2. The molecule has 0 bridgehead atoms. The van der Waals surface area contributed by atoms with Gasteiger partial charge < -0.3 is 10.5 Å². The van der Waals surface area contributed by atoms with Crippen LogP contribution in [0.4, 0.5) is 11.4 Å². The van der Waals surface area contributed by atoms with Crippen LogP contribution in [0.1, 0.15) is 18.4 Å². The molecular formula is C18H16ClN3O3. The Morgan fingerprint density at radius 3 is 2.72 bits per heavy atom. The largest absolute Gasteiger partial charge is 0.461 e. The summed E-state index contributed by atoms with van der Waals surface area (Å²) in [5.74, 6) is -1.95. The zero-order valence-electron chi connectivity index (χ0n) is 13.5. The topological polar surface area (TPSA) is 85.0 Å². The van der Waals surface area contributed by atoms with E-state index in [1.807, 2.05) is 0 Å². The summed E-state index contributed by atoms with van der Waals surface area (Å²) >= 11 is 6.00. The van der Waals surface area contributed by atoms with Gasteiger partial charge in [-0.05, 0) is 36.8 Å². The standard InChI is InChI=1S/C18H16ClN3O3/c1-2-25-18(24)16-15(13-8-3-4-9-14(13)20)17(23)22(21-16)12-7-5-6-11(19)10-12/h3-10,15H,2,20H2,1H3. The molecule has 3 rings (SSSR count). The lowest BCUT2D eigenvalue weighted by atomic mass is 9.92. The molecule has 0 aromatic heterocycles. The molecule has 2 aromatic carbocycles. The maximum absolute atomic E-state index is 13.0. The van der Waals surface area contributed by atoms with Gasteiger partial charge in [0.25, 0.3) is 5.91 Å². The molecule has 7 heteroatoms. The van der Waals surface area contributed by atoms with Gasteiger partial charge in [0.2, 0.25) is 0 Å². The Labute approximate surface area is 149 Å². The van der Waals surface area contributed by atoms with Crippen molar-refractivity contribution in [3.05, 3.63) is 59.1 Å². The normalized spacial score (nSPS) is 16.7. The first-order valence-corrected chi connectivity index (χ1v) is 8.10. The molecule has 1 amide bonds. The summed E-state index contributed by atoms with van der Waals surface area (Å²) < 4.78 is 5.06. The second kappa shape index (κ2) is 6.94. The Bertz CT molecular complexity index is 866. The molecule has 2 N–H and O–H groups in total. The van der Waals surface area contributed by atoms with Crippen molar-refractivity contribution in [3.63, 3.8) is 0 Å². The molecule has 1 atom stereocenters.